The van der Waals surface area contributed by atoms with E-state index in [0.717, 1.165) is 58.2 Å². The molecule has 2 aliphatic rings. The average molecular weight is 356 g/mol. The summed E-state index contributed by atoms with van der Waals surface area (Å²) in [4.78, 5) is 0. The van der Waals surface area contributed by atoms with Gasteiger partial charge in [-0.15, -0.1) is 0 Å². The number of allylic oxidation sites excluding steroid dienone is 1. The zero-order valence-electron chi connectivity index (χ0n) is 16.0. The smallest absolute Gasteiger partial charge is 0.105 e. The van der Waals surface area contributed by atoms with Gasteiger partial charge in [0.25, 0.3) is 0 Å². The third-order valence-corrected chi connectivity index (χ3v) is 5.06. The minimum absolute atomic E-state index is 0.0248. The van der Waals surface area contributed by atoms with Crippen LogP contribution in [0, 0.1) is 5.92 Å². The molecule has 25 heavy (non-hydrogen) atoms. The number of nitrogens with one attached hydrogen (secondary N) is 1. The second-order valence-corrected chi connectivity index (χ2v) is 7.29. The van der Waals surface area contributed by atoms with E-state index in [4.69, 9.17) is 14.2 Å². The molecule has 0 spiro atoms. The maximum atomic E-state index is 9.96. The van der Waals surface area contributed by atoms with Crippen LogP contribution in [-0.2, 0) is 14.2 Å². The molecule has 0 aromatic heterocycles. The van der Waals surface area contributed by atoms with Gasteiger partial charge in [-0.05, 0) is 38.0 Å². The molecule has 2 unspecified atom stereocenters. The fourth-order valence-electron chi connectivity index (χ4n) is 3.53. The SMILES string of the molecule is CCCCOCC(COCCCC)O[C@H]1C=CC[C@H]2CCC(O)NC21. The van der Waals surface area contributed by atoms with E-state index in [-0.39, 0.29) is 18.2 Å². The van der Waals surface area contributed by atoms with E-state index in [1.165, 1.54) is 0 Å². The van der Waals surface area contributed by atoms with Crippen LogP contribution in [0.2, 0.25) is 0 Å². The maximum absolute atomic E-state index is 9.96. The zero-order chi connectivity index (χ0) is 17.9. The Labute approximate surface area is 153 Å². The molecule has 1 aliphatic heterocycles. The van der Waals surface area contributed by atoms with Crippen LogP contribution >= 0.6 is 0 Å². The fourth-order valence-corrected chi connectivity index (χ4v) is 3.53. The number of aliphatic hydroxyl groups is 1. The number of ether oxygens (including phenoxy) is 3. The summed E-state index contributed by atoms with van der Waals surface area (Å²) in [6.45, 7) is 7.01. The summed E-state index contributed by atoms with van der Waals surface area (Å²) in [6.07, 6.45) is 11.2. The first-order valence-corrected chi connectivity index (χ1v) is 10.2. The molecule has 2 N–H and O–H groups in total. The Morgan fingerprint density at radius 3 is 2.40 bits per heavy atom. The summed E-state index contributed by atoms with van der Waals surface area (Å²) in [5.74, 6) is 0.543. The Morgan fingerprint density at radius 2 is 1.76 bits per heavy atom. The summed E-state index contributed by atoms with van der Waals surface area (Å²) in [7, 11) is 0. The number of aliphatic hydroxyl groups excluding tert-OH is 1. The van der Waals surface area contributed by atoms with Crippen molar-refractivity contribution in [2.24, 2.45) is 5.92 Å². The summed E-state index contributed by atoms with van der Waals surface area (Å²) in [5.41, 5.74) is 0. The first kappa shape index (κ1) is 20.8. The third-order valence-electron chi connectivity index (χ3n) is 5.06. The van der Waals surface area contributed by atoms with Crippen molar-refractivity contribution in [2.45, 2.75) is 83.3 Å². The molecule has 0 bridgehead atoms. The van der Waals surface area contributed by atoms with Crippen molar-refractivity contribution in [3.8, 4) is 0 Å². The highest BCUT2D eigenvalue weighted by molar-refractivity contribution is 5.07. The minimum atomic E-state index is -0.418. The number of rotatable bonds is 12. The van der Waals surface area contributed by atoms with Crippen LogP contribution in [0.3, 0.4) is 0 Å². The molecular formula is C20H37NO4. The van der Waals surface area contributed by atoms with Crippen molar-refractivity contribution in [3.63, 3.8) is 0 Å². The van der Waals surface area contributed by atoms with Gasteiger partial charge < -0.3 is 19.3 Å². The van der Waals surface area contributed by atoms with E-state index in [9.17, 15) is 5.11 Å². The monoisotopic (exact) mass is 355 g/mol. The van der Waals surface area contributed by atoms with E-state index < -0.39 is 6.23 Å². The van der Waals surface area contributed by atoms with Crippen molar-refractivity contribution in [3.05, 3.63) is 12.2 Å². The molecular weight excluding hydrogens is 318 g/mol. The Balaban J connectivity index is 1.86. The Morgan fingerprint density at radius 1 is 1.08 bits per heavy atom. The lowest BCUT2D eigenvalue weighted by atomic mass is 9.81. The van der Waals surface area contributed by atoms with Crippen LogP contribution in [-0.4, -0.2) is 56.0 Å². The molecule has 0 aromatic rings. The number of hydrogen-bond donors (Lipinski definition) is 2. The summed E-state index contributed by atoms with van der Waals surface area (Å²) < 4.78 is 17.9. The second-order valence-electron chi connectivity index (χ2n) is 7.29. The largest absolute Gasteiger partial charge is 0.379 e. The topological polar surface area (TPSA) is 60.0 Å². The van der Waals surface area contributed by atoms with Gasteiger partial charge in [0.05, 0.1) is 19.3 Å². The molecule has 0 aromatic carbocycles. The molecule has 2 rings (SSSR count). The zero-order valence-corrected chi connectivity index (χ0v) is 16.0. The van der Waals surface area contributed by atoms with Crippen molar-refractivity contribution in [2.75, 3.05) is 26.4 Å². The highest BCUT2D eigenvalue weighted by Gasteiger charge is 2.36. The second kappa shape index (κ2) is 12.0. The molecule has 5 heteroatoms. The number of hydrogen-bond acceptors (Lipinski definition) is 5. The van der Waals surface area contributed by atoms with Crippen molar-refractivity contribution < 1.29 is 19.3 Å². The van der Waals surface area contributed by atoms with Crippen LogP contribution in [0.1, 0.15) is 58.8 Å². The summed E-state index contributed by atoms with van der Waals surface area (Å²) in [5, 5.41) is 13.3. The normalized spacial score (nSPS) is 29.1. The molecule has 1 saturated heterocycles. The van der Waals surface area contributed by atoms with Crippen LogP contribution < -0.4 is 5.32 Å². The molecule has 146 valence electrons. The number of unbranched alkanes of at least 4 members (excludes halogenated alkanes) is 2. The molecule has 4 atom stereocenters. The highest BCUT2D eigenvalue weighted by atomic mass is 16.6. The highest BCUT2D eigenvalue weighted by Crippen LogP contribution is 2.30. The molecule has 5 nitrogen and oxygen atoms in total. The van der Waals surface area contributed by atoms with E-state index in [2.05, 4.69) is 31.3 Å². The Kier molecular flexibility index (Phi) is 10.0. The maximum Gasteiger partial charge on any atom is 0.105 e. The van der Waals surface area contributed by atoms with Gasteiger partial charge in [-0.25, -0.2) is 0 Å². The van der Waals surface area contributed by atoms with Crippen molar-refractivity contribution in [1.82, 2.24) is 5.32 Å². The van der Waals surface area contributed by atoms with Crippen molar-refractivity contribution >= 4 is 0 Å². The first-order valence-electron chi connectivity index (χ1n) is 10.2. The van der Waals surface area contributed by atoms with Gasteiger partial charge in [0.2, 0.25) is 0 Å². The summed E-state index contributed by atoms with van der Waals surface area (Å²) in [6, 6.07) is 0.183. The van der Waals surface area contributed by atoms with Gasteiger partial charge in [-0.2, -0.15) is 0 Å². The van der Waals surface area contributed by atoms with Gasteiger partial charge in [0, 0.05) is 19.3 Å². The van der Waals surface area contributed by atoms with Crippen molar-refractivity contribution in [1.29, 1.82) is 0 Å². The van der Waals surface area contributed by atoms with E-state index in [0.29, 0.717) is 19.1 Å². The van der Waals surface area contributed by atoms with Crippen LogP contribution in [0.25, 0.3) is 0 Å². The molecule has 0 amide bonds. The quantitative estimate of drug-likeness (QED) is 0.416. The molecule has 1 aliphatic carbocycles. The molecule has 1 heterocycles. The lowest BCUT2D eigenvalue weighted by Crippen LogP contribution is -2.55. The van der Waals surface area contributed by atoms with Crippen LogP contribution in [0.5, 0.6) is 0 Å². The molecule has 1 fully saturated rings. The fraction of sp³-hybridized carbons (Fsp3) is 0.900. The van der Waals surface area contributed by atoms with E-state index in [1.54, 1.807) is 0 Å². The van der Waals surface area contributed by atoms with Crippen LogP contribution in [0.15, 0.2) is 12.2 Å². The standard InChI is InChI=1S/C20H37NO4/c1-3-5-12-23-14-17(15-24-13-6-4-2)25-18-9-7-8-16-10-11-19(22)21-20(16)18/h7,9,16-22H,3-6,8,10-15H2,1-2H3/t16-,18-,19?,20?/m0/s1. The Bertz CT molecular complexity index is 365. The predicted molar refractivity (Wildman–Crippen MR) is 99.5 cm³/mol. The Hall–Kier alpha value is -0.460. The lowest BCUT2D eigenvalue weighted by Gasteiger charge is -2.42. The molecule has 0 saturated carbocycles. The number of piperidine rings is 1. The van der Waals surface area contributed by atoms with E-state index >= 15 is 0 Å². The van der Waals surface area contributed by atoms with E-state index in [1.807, 2.05) is 0 Å². The van der Waals surface area contributed by atoms with Crippen LogP contribution in [0.4, 0.5) is 0 Å². The third kappa shape index (κ3) is 7.35. The molecule has 0 radical (unpaired) electrons. The minimum Gasteiger partial charge on any atom is -0.379 e. The predicted octanol–water partition coefficient (Wildman–Crippen LogP) is 3.02. The number of fused-ring (bicyclic) bond motifs is 1. The lowest BCUT2D eigenvalue weighted by molar-refractivity contribution is -0.103. The van der Waals surface area contributed by atoms with Gasteiger partial charge in [-0.1, -0.05) is 38.8 Å². The summed E-state index contributed by atoms with van der Waals surface area (Å²) >= 11 is 0. The van der Waals surface area contributed by atoms with Gasteiger partial charge in [-0.3, -0.25) is 5.32 Å². The van der Waals surface area contributed by atoms with Gasteiger partial charge >= 0.3 is 0 Å². The first-order chi connectivity index (χ1) is 12.2. The average Bonchev–Trinajstić information content (AvgIpc) is 2.62. The van der Waals surface area contributed by atoms with Gasteiger partial charge in [0.15, 0.2) is 0 Å². The van der Waals surface area contributed by atoms with Gasteiger partial charge in [0.1, 0.15) is 12.3 Å².